The number of fused-ring (bicyclic) bond motifs is 5. The Bertz CT molecular complexity index is 965. The smallest absolute Gasteiger partial charge is 0.326 e. The molecule has 0 saturated heterocycles. The van der Waals surface area contributed by atoms with E-state index in [-0.39, 0.29) is 29.4 Å². The summed E-state index contributed by atoms with van der Waals surface area (Å²) in [7, 11) is 0. The van der Waals surface area contributed by atoms with Crippen molar-refractivity contribution in [1.82, 2.24) is 4.90 Å². The zero-order valence-corrected chi connectivity index (χ0v) is 19.8. The number of hydrogen-bond donors (Lipinski definition) is 1. The van der Waals surface area contributed by atoms with E-state index >= 15 is 0 Å². The maximum absolute atomic E-state index is 12.8. The van der Waals surface area contributed by atoms with Crippen molar-refractivity contribution >= 4 is 17.7 Å². The van der Waals surface area contributed by atoms with E-state index in [2.05, 4.69) is 13.8 Å². The van der Waals surface area contributed by atoms with Crippen molar-refractivity contribution in [3.8, 4) is 0 Å². The molecule has 2 N–H and O–H groups in total. The second kappa shape index (κ2) is 8.14. The number of carbonyl (C=O) groups is 3. The molecule has 33 heavy (non-hydrogen) atoms. The summed E-state index contributed by atoms with van der Waals surface area (Å²) in [6, 6.07) is 0. The van der Waals surface area contributed by atoms with Gasteiger partial charge in [-0.1, -0.05) is 25.5 Å². The zero-order valence-electron chi connectivity index (χ0n) is 19.8. The van der Waals surface area contributed by atoms with Gasteiger partial charge in [-0.2, -0.15) is 0 Å². The highest BCUT2D eigenvalue weighted by Gasteiger charge is 2.60. The second-order valence-electron chi connectivity index (χ2n) is 11.3. The Balaban J connectivity index is 1.27. The van der Waals surface area contributed by atoms with Crippen LogP contribution in [0.5, 0.6) is 0 Å². The highest BCUT2D eigenvalue weighted by atomic mass is 16.5. The van der Waals surface area contributed by atoms with Gasteiger partial charge in [0.25, 0.3) is 0 Å². The first kappa shape index (κ1) is 22.4. The molecule has 0 aromatic heterocycles. The van der Waals surface area contributed by atoms with Crippen LogP contribution in [-0.4, -0.2) is 35.2 Å². The molecule has 1 aliphatic heterocycles. The molecule has 0 bridgehead atoms. The first-order valence-corrected chi connectivity index (χ1v) is 12.6. The summed E-state index contributed by atoms with van der Waals surface area (Å²) in [5.41, 5.74) is 7.46. The van der Waals surface area contributed by atoms with Gasteiger partial charge in [0.15, 0.2) is 5.78 Å². The van der Waals surface area contributed by atoms with Crippen LogP contribution in [0.4, 0.5) is 0 Å². The maximum Gasteiger partial charge on any atom is 0.326 e. The van der Waals surface area contributed by atoms with Crippen molar-refractivity contribution in [3.63, 3.8) is 0 Å². The number of nitrogens with two attached hydrogens (primary N) is 1. The Morgan fingerprint density at radius 3 is 2.73 bits per heavy atom. The quantitative estimate of drug-likeness (QED) is 0.651. The van der Waals surface area contributed by atoms with E-state index in [0.29, 0.717) is 42.0 Å². The molecule has 0 spiro atoms. The van der Waals surface area contributed by atoms with Gasteiger partial charge in [-0.05, 0) is 80.6 Å². The minimum absolute atomic E-state index is 0.0187. The number of ether oxygens (including phenoxy) is 1. The van der Waals surface area contributed by atoms with E-state index in [1.54, 1.807) is 17.3 Å². The van der Waals surface area contributed by atoms with Gasteiger partial charge in [-0.15, -0.1) is 0 Å². The van der Waals surface area contributed by atoms with Gasteiger partial charge in [0.1, 0.15) is 12.6 Å². The largest absolute Gasteiger partial charge is 0.460 e. The Labute approximate surface area is 196 Å². The van der Waals surface area contributed by atoms with Crippen LogP contribution < -0.4 is 5.73 Å². The predicted molar refractivity (Wildman–Crippen MR) is 124 cm³/mol. The maximum atomic E-state index is 12.8. The summed E-state index contributed by atoms with van der Waals surface area (Å²) in [6.45, 7) is 4.83. The standard InChI is InChI=1S/C27H36N2O4/c1-26-11-9-19(30)14-18(26)5-6-20-21-7-8-23(27(21,2)12-10-22(20)26)33-24(31)16-29-13-3-4-17(15-29)25(28)32/h3,13-15,20-23H,4-12,16H2,1-2H3,(H2,28,32)/t20-,21-,22+,23?,26-,27-/m0/s1. The van der Waals surface area contributed by atoms with E-state index in [4.69, 9.17) is 10.5 Å². The van der Waals surface area contributed by atoms with Gasteiger partial charge in [-0.25, -0.2) is 0 Å². The van der Waals surface area contributed by atoms with E-state index in [0.717, 1.165) is 44.9 Å². The molecule has 6 nitrogen and oxygen atoms in total. The van der Waals surface area contributed by atoms with Crippen LogP contribution in [0, 0.1) is 28.6 Å². The number of ketones is 1. The third kappa shape index (κ3) is 3.75. The fourth-order valence-corrected chi connectivity index (χ4v) is 7.92. The summed E-state index contributed by atoms with van der Waals surface area (Å²) in [4.78, 5) is 38.0. The lowest BCUT2D eigenvalue weighted by molar-refractivity contribution is -0.160. The normalized spacial score (nSPS) is 39.7. The van der Waals surface area contributed by atoms with Gasteiger partial charge in [0.2, 0.25) is 5.91 Å². The molecule has 6 heteroatoms. The molecule has 5 rings (SSSR count). The Morgan fingerprint density at radius 2 is 1.94 bits per heavy atom. The van der Waals surface area contributed by atoms with Crippen LogP contribution in [0.2, 0.25) is 0 Å². The molecule has 3 fully saturated rings. The van der Waals surface area contributed by atoms with Crippen molar-refractivity contribution in [1.29, 1.82) is 0 Å². The van der Waals surface area contributed by atoms with Gasteiger partial charge >= 0.3 is 5.97 Å². The van der Waals surface area contributed by atoms with Crippen LogP contribution in [0.25, 0.3) is 0 Å². The lowest BCUT2D eigenvalue weighted by Gasteiger charge is -2.57. The van der Waals surface area contributed by atoms with Crippen LogP contribution in [0.3, 0.4) is 0 Å². The molecule has 5 aliphatic rings. The van der Waals surface area contributed by atoms with Gasteiger partial charge in [-0.3, -0.25) is 14.4 Å². The van der Waals surface area contributed by atoms with Crippen LogP contribution in [0.15, 0.2) is 35.7 Å². The molecular weight excluding hydrogens is 416 g/mol. The van der Waals surface area contributed by atoms with Crippen LogP contribution in [-0.2, 0) is 19.1 Å². The highest BCUT2D eigenvalue weighted by molar-refractivity contribution is 5.92. The summed E-state index contributed by atoms with van der Waals surface area (Å²) >= 11 is 0. The van der Waals surface area contributed by atoms with Gasteiger partial charge < -0.3 is 15.4 Å². The zero-order chi connectivity index (χ0) is 23.4. The molecule has 6 atom stereocenters. The molecule has 178 valence electrons. The highest BCUT2D eigenvalue weighted by Crippen LogP contribution is 2.65. The number of rotatable bonds is 4. The Hall–Kier alpha value is -2.37. The molecule has 1 unspecified atom stereocenters. The van der Waals surface area contributed by atoms with Crippen LogP contribution >= 0.6 is 0 Å². The number of esters is 1. The number of amides is 1. The topological polar surface area (TPSA) is 89.7 Å². The summed E-state index contributed by atoms with van der Waals surface area (Å²) in [5.74, 6) is 1.45. The van der Waals surface area contributed by atoms with Crippen molar-refractivity contribution in [2.24, 2.45) is 34.3 Å². The fourth-order valence-electron chi connectivity index (χ4n) is 7.92. The first-order valence-electron chi connectivity index (χ1n) is 12.6. The number of primary amides is 1. The molecule has 0 aromatic carbocycles. The minimum atomic E-state index is -0.456. The third-order valence-electron chi connectivity index (χ3n) is 9.73. The van der Waals surface area contributed by atoms with Crippen molar-refractivity contribution in [3.05, 3.63) is 35.7 Å². The lowest BCUT2D eigenvalue weighted by atomic mass is 9.47. The number of nitrogens with zero attached hydrogens (tertiary/aromatic N) is 1. The average Bonchev–Trinajstić information content (AvgIpc) is 3.10. The molecule has 1 amide bonds. The van der Waals surface area contributed by atoms with E-state index < -0.39 is 5.91 Å². The van der Waals surface area contributed by atoms with Gasteiger partial charge in [0, 0.05) is 29.8 Å². The number of hydrogen-bond acceptors (Lipinski definition) is 5. The van der Waals surface area contributed by atoms with Crippen LogP contribution in [0.1, 0.15) is 71.6 Å². The minimum Gasteiger partial charge on any atom is -0.460 e. The summed E-state index contributed by atoms with van der Waals surface area (Å²) < 4.78 is 6.09. The monoisotopic (exact) mass is 452 g/mol. The SMILES string of the molecule is C[C@]12CCC(=O)C=C1CC[C@@H]1[C@H]2CC[C@]2(C)C(OC(=O)CN3C=CCC(C(N)=O)=C3)CC[C@@H]12. The van der Waals surface area contributed by atoms with Crippen molar-refractivity contribution in [2.45, 2.75) is 77.7 Å². The molecule has 1 heterocycles. The van der Waals surface area contributed by atoms with E-state index in [1.165, 1.54) is 5.57 Å². The summed E-state index contributed by atoms with van der Waals surface area (Å²) in [6.07, 6.45) is 15.8. The molecular formula is C27H36N2O4. The fraction of sp³-hybridized carbons (Fsp3) is 0.667. The summed E-state index contributed by atoms with van der Waals surface area (Å²) in [5, 5.41) is 0. The van der Waals surface area contributed by atoms with E-state index in [1.807, 2.05) is 12.2 Å². The Kier molecular flexibility index (Phi) is 5.53. The predicted octanol–water partition coefficient (Wildman–Crippen LogP) is 4.02. The number of allylic oxidation sites excluding steroid dienone is 2. The van der Waals surface area contributed by atoms with Crippen molar-refractivity contribution < 1.29 is 19.1 Å². The second-order valence-corrected chi connectivity index (χ2v) is 11.3. The first-order chi connectivity index (χ1) is 15.7. The molecule has 0 radical (unpaired) electrons. The molecule has 0 aromatic rings. The van der Waals surface area contributed by atoms with Gasteiger partial charge in [0.05, 0.1) is 0 Å². The molecule has 4 aliphatic carbocycles. The average molecular weight is 453 g/mol. The Morgan fingerprint density at radius 1 is 1.12 bits per heavy atom. The third-order valence-corrected chi connectivity index (χ3v) is 9.73. The van der Waals surface area contributed by atoms with Crippen molar-refractivity contribution in [2.75, 3.05) is 6.54 Å². The van der Waals surface area contributed by atoms with E-state index in [9.17, 15) is 14.4 Å². The number of carbonyl (C=O) groups excluding carboxylic acids is 3. The molecule has 3 saturated carbocycles. The lowest BCUT2D eigenvalue weighted by Crippen LogP contribution is -2.51.